The monoisotopic (exact) mass is 602 g/mol. The molecule has 0 atom stereocenters. The van der Waals surface area contributed by atoms with Crippen LogP contribution in [-0.4, -0.2) is 68.4 Å². The van der Waals surface area contributed by atoms with Crippen molar-refractivity contribution >= 4 is 66.4 Å². The number of halogens is 1. The van der Waals surface area contributed by atoms with E-state index in [0.717, 1.165) is 41.5 Å². The number of nitrogens with one attached hydrogen (secondary N) is 2. The van der Waals surface area contributed by atoms with Crippen LogP contribution >= 0.6 is 23.7 Å². The average molecular weight is 603 g/mol. The molecule has 11 nitrogen and oxygen atoms in total. The van der Waals surface area contributed by atoms with Gasteiger partial charge in [0, 0.05) is 62.7 Å². The highest BCUT2D eigenvalue weighted by Crippen LogP contribution is 2.31. The normalized spacial score (nSPS) is 13.9. The van der Waals surface area contributed by atoms with E-state index in [1.54, 1.807) is 54.6 Å². The standard InChI is InChI=1S/C26H26N6O5S2.ClH/c33-25(19-6-8-20(9-7-19)29-39(36,37)22-4-2-1-3-5-22)27-12-13-30-14-16-31(17-15-30)26-28-23-11-10-21(32(34)35)18-24(23)38-26;/h1-11,18,29H,12-17H2,(H,27,33);1H. The van der Waals surface area contributed by atoms with Crippen LogP contribution in [0.1, 0.15) is 10.4 Å². The lowest BCUT2D eigenvalue weighted by molar-refractivity contribution is -0.384. The number of sulfonamides is 1. The molecule has 1 aliphatic heterocycles. The Hall–Kier alpha value is -3.78. The van der Waals surface area contributed by atoms with Crippen LogP contribution in [0.3, 0.4) is 0 Å². The fourth-order valence-electron chi connectivity index (χ4n) is 4.25. The predicted octanol–water partition coefficient (Wildman–Crippen LogP) is 3.98. The molecule has 5 rings (SSSR count). The number of hydrogen-bond donors (Lipinski definition) is 2. The molecule has 1 saturated heterocycles. The van der Waals surface area contributed by atoms with Crippen LogP contribution in [0.25, 0.3) is 10.2 Å². The number of amides is 1. The largest absolute Gasteiger partial charge is 0.351 e. The zero-order valence-corrected chi connectivity index (χ0v) is 23.7. The number of fused-ring (bicyclic) bond motifs is 1. The third kappa shape index (κ3) is 6.86. The summed E-state index contributed by atoms with van der Waals surface area (Å²) in [6, 6.07) is 19.1. The molecule has 0 spiro atoms. The number of aromatic nitrogens is 1. The van der Waals surface area contributed by atoms with E-state index in [4.69, 9.17) is 0 Å². The molecule has 40 heavy (non-hydrogen) atoms. The lowest BCUT2D eigenvalue weighted by atomic mass is 10.2. The number of carbonyl (C=O) groups is 1. The molecule has 1 amide bonds. The Bertz CT molecular complexity index is 1590. The van der Waals surface area contributed by atoms with Crippen molar-refractivity contribution in [1.29, 1.82) is 0 Å². The first kappa shape index (κ1) is 29.2. The molecular weight excluding hydrogens is 576 g/mol. The molecular formula is C26H27ClN6O5S2. The van der Waals surface area contributed by atoms with E-state index in [1.807, 2.05) is 0 Å². The zero-order valence-electron chi connectivity index (χ0n) is 21.2. The number of nitrogens with zero attached hydrogens (tertiary/aromatic N) is 4. The molecule has 4 aromatic rings. The molecule has 0 bridgehead atoms. The minimum atomic E-state index is -3.69. The first-order chi connectivity index (χ1) is 18.8. The second-order valence-corrected chi connectivity index (χ2v) is 11.7. The lowest BCUT2D eigenvalue weighted by Crippen LogP contribution is -2.48. The van der Waals surface area contributed by atoms with Crippen LogP contribution in [0.5, 0.6) is 0 Å². The maximum Gasteiger partial charge on any atom is 0.270 e. The van der Waals surface area contributed by atoms with Crippen LogP contribution in [0.15, 0.2) is 77.7 Å². The minimum absolute atomic E-state index is 0. The van der Waals surface area contributed by atoms with Gasteiger partial charge in [0.2, 0.25) is 0 Å². The topological polar surface area (TPSA) is 138 Å². The first-order valence-corrected chi connectivity index (χ1v) is 14.6. The maximum atomic E-state index is 12.6. The summed E-state index contributed by atoms with van der Waals surface area (Å²) in [5.41, 5.74) is 1.64. The van der Waals surface area contributed by atoms with Gasteiger partial charge in [-0.1, -0.05) is 29.5 Å². The molecule has 210 valence electrons. The molecule has 0 unspecified atom stereocenters. The zero-order chi connectivity index (χ0) is 27.4. The summed E-state index contributed by atoms with van der Waals surface area (Å²) in [6.07, 6.45) is 0. The molecule has 2 heterocycles. The first-order valence-electron chi connectivity index (χ1n) is 12.3. The highest BCUT2D eigenvalue weighted by atomic mass is 35.5. The fourth-order valence-corrected chi connectivity index (χ4v) is 6.38. The Morgan fingerprint density at radius 3 is 2.38 bits per heavy atom. The molecule has 1 aromatic heterocycles. The molecule has 14 heteroatoms. The summed E-state index contributed by atoms with van der Waals surface area (Å²) < 4.78 is 28.2. The van der Waals surface area contributed by atoms with Gasteiger partial charge in [-0.05, 0) is 42.5 Å². The number of hydrogen-bond acceptors (Lipinski definition) is 9. The number of thiazole rings is 1. The summed E-state index contributed by atoms with van der Waals surface area (Å²) >= 11 is 1.46. The van der Waals surface area contributed by atoms with Crippen molar-refractivity contribution in [3.8, 4) is 0 Å². The number of nitro groups is 1. The van der Waals surface area contributed by atoms with E-state index >= 15 is 0 Å². The third-order valence-corrected chi connectivity index (χ3v) is 8.86. The van der Waals surface area contributed by atoms with Crippen LogP contribution < -0.4 is 14.9 Å². The van der Waals surface area contributed by atoms with Crippen molar-refractivity contribution in [3.63, 3.8) is 0 Å². The van der Waals surface area contributed by atoms with E-state index in [1.165, 1.54) is 29.5 Å². The SMILES string of the molecule is Cl.O=C(NCCN1CCN(c2nc3ccc([N+](=O)[O-])cc3s2)CC1)c1ccc(NS(=O)(=O)c2ccccc2)cc1. The summed E-state index contributed by atoms with van der Waals surface area (Å²) in [6.45, 7) is 4.34. The van der Waals surface area contributed by atoms with Crippen molar-refractivity contribution < 1.29 is 18.1 Å². The molecule has 1 fully saturated rings. The highest BCUT2D eigenvalue weighted by Gasteiger charge is 2.21. The molecule has 0 radical (unpaired) electrons. The van der Waals surface area contributed by atoms with Crippen molar-refractivity contribution in [3.05, 3.63) is 88.5 Å². The minimum Gasteiger partial charge on any atom is -0.351 e. The number of anilines is 2. The quantitative estimate of drug-likeness (QED) is 0.217. The van der Waals surface area contributed by atoms with Gasteiger partial charge in [-0.15, -0.1) is 12.4 Å². The summed E-state index contributed by atoms with van der Waals surface area (Å²) in [4.78, 5) is 32.4. The van der Waals surface area contributed by atoms with E-state index in [2.05, 4.69) is 24.8 Å². The summed E-state index contributed by atoms with van der Waals surface area (Å²) in [5.74, 6) is -0.227. The fraction of sp³-hybridized carbons (Fsp3) is 0.231. The number of non-ortho nitro benzene ring substituents is 1. The van der Waals surface area contributed by atoms with Gasteiger partial charge in [0.15, 0.2) is 5.13 Å². The average Bonchev–Trinajstić information content (AvgIpc) is 3.38. The van der Waals surface area contributed by atoms with Crippen LogP contribution in [0, 0.1) is 10.1 Å². The van der Waals surface area contributed by atoms with Crippen LogP contribution in [0.4, 0.5) is 16.5 Å². The van der Waals surface area contributed by atoms with Crippen molar-refractivity contribution in [2.45, 2.75) is 4.90 Å². The van der Waals surface area contributed by atoms with E-state index in [-0.39, 0.29) is 28.9 Å². The highest BCUT2D eigenvalue weighted by molar-refractivity contribution is 7.92. The molecule has 3 aromatic carbocycles. The van der Waals surface area contributed by atoms with E-state index in [0.29, 0.717) is 24.3 Å². The maximum absolute atomic E-state index is 12.6. The van der Waals surface area contributed by atoms with Gasteiger partial charge in [-0.3, -0.25) is 24.5 Å². The lowest BCUT2D eigenvalue weighted by Gasteiger charge is -2.34. The molecule has 2 N–H and O–H groups in total. The second-order valence-electron chi connectivity index (χ2n) is 8.99. The van der Waals surface area contributed by atoms with Crippen molar-refractivity contribution in [2.75, 3.05) is 48.9 Å². The van der Waals surface area contributed by atoms with Crippen LogP contribution in [-0.2, 0) is 10.0 Å². The Kier molecular flexibility index (Phi) is 9.20. The van der Waals surface area contributed by atoms with Gasteiger partial charge in [0.25, 0.3) is 21.6 Å². The van der Waals surface area contributed by atoms with Crippen molar-refractivity contribution in [2.24, 2.45) is 0 Å². The Morgan fingerprint density at radius 1 is 1.00 bits per heavy atom. The van der Waals surface area contributed by atoms with Gasteiger partial charge >= 0.3 is 0 Å². The summed E-state index contributed by atoms with van der Waals surface area (Å²) in [7, 11) is -3.69. The Balaban J connectivity index is 0.00000370. The van der Waals surface area contributed by atoms with E-state index in [9.17, 15) is 23.3 Å². The summed E-state index contributed by atoms with van der Waals surface area (Å²) in [5, 5.41) is 14.8. The van der Waals surface area contributed by atoms with Gasteiger partial charge in [-0.25, -0.2) is 13.4 Å². The van der Waals surface area contributed by atoms with Gasteiger partial charge in [0.05, 0.1) is 20.0 Å². The number of piperazine rings is 1. The van der Waals surface area contributed by atoms with Gasteiger partial charge in [0.1, 0.15) is 0 Å². The number of carbonyl (C=O) groups excluding carboxylic acids is 1. The Morgan fingerprint density at radius 2 is 1.70 bits per heavy atom. The van der Waals surface area contributed by atoms with Crippen LogP contribution in [0.2, 0.25) is 0 Å². The number of benzene rings is 3. The third-order valence-electron chi connectivity index (χ3n) is 6.38. The smallest absolute Gasteiger partial charge is 0.270 e. The Labute approximate surface area is 241 Å². The van der Waals surface area contributed by atoms with Gasteiger partial charge in [-0.2, -0.15) is 0 Å². The van der Waals surface area contributed by atoms with E-state index < -0.39 is 14.9 Å². The number of rotatable bonds is 9. The molecule has 0 aliphatic carbocycles. The predicted molar refractivity (Wildman–Crippen MR) is 158 cm³/mol. The van der Waals surface area contributed by atoms with Crippen molar-refractivity contribution in [1.82, 2.24) is 15.2 Å². The second kappa shape index (κ2) is 12.6. The molecule has 0 saturated carbocycles. The molecule has 1 aliphatic rings. The number of nitro benzene ring substituents is 1. The van der Waals surface area contributed by atoms with Gasteiger partial charge < -0.3 is 10.2 Å².